The third-order valence-corrected chi connectivity index (χ3v) is 5.27. The fourth-order valence-corrected chi connectivity index (χ4v) is 3.71. The minimum absolute atomic E-state index is 0.0840. The molecule has 0 aliphatic carbocycles. The minimum atomic E-state index is -0.486. The van der Waals surface area contributed by atoms with Crippen LogP contribution in [0.25, 0.3) is 0 Å². The van der Waals surface area contributed by atoms with Gasteiger partial charge in [-0.1, -0.05) is 0 Å². The van der Waals surface area contributed by atoms with E-state index in [0.717, 1.165) is 17.0 Å². The number of aryl methyl sites for hydroxylation is 1. The number of hydrazone groups is 1. The highest BCUT2D eigenvalue weighted by Crippen LogP contribution is 2.34. The van der Waals surface area contributed by atoms with Crippen molar-refractivity contribution in [2.24, 2.45) is 5.10 Å². The summed E-state index contributed by atoms with van der Waals surface area (Å²) in [6, 6.07) is 10.6. The summed E-state index contributed by atoms with van der Waals surface area (Å²) in [7, 11) is 1.60. The summed E-state index contributed by atoms with van der Waals surface area (Å²) < 4.78 is 12.1. The molecule has 10 heteroatoms. The lowest BCUT2D eigenvalue weighted by Gasteiger charge is -2.20. The SMILES string of the molecule is COc1ccc(C2=NN(C(=O)Cn3nc(C)c([N+](=O)[O-])c3C)C(c3ccco3)C2)cc1. The van der Waals surface area contributed by atoms with Gasteiger partial charge in [0.25, 0.3) is 5.91 Å². The highest BCUT2D eigenvalue weighted by molar-refractivity contribution is 6.03. The molecule has 0 fully saturated rings. The largest absolute Gasteiger partial charge is 0.497 e. The molecule has 1 amide bonds. The molecular formula is C21H21N5O5. The molecule has 1 atom stereocenters. The van der Waals surface area contributed by atoms with E-state index in [-0.39, 0.29) is 23.8 Å². The monoisotopic (exact) mass is 423 g/mol. The van der Waals surface area contributed by atoms with Crippen LogP contribution in [0, 0.1) is 24.0 Å². The molecule has 1 unspecified atom stereocenters. The number of rotatable bonds is 6. The summed E-state index contributed by atoms with van der Waals surface area (Å²) in [4.78, 5) is 23.9. The number of carbonyl (C=O) groups excluding carboxylic acids is 1. The number of benzene rings is 1. The number of furan rings is 1. The number of amides is 1. The average molecular weight is 423 g/mol. The first-order valence-corrected chi connectivity index (χ1v) is 9.64. The van der Waals surface area contributed by atoms with E-state index in [1.165, 1.54) is 9.69 Å². The summed E-state index contributed by atoms with van der Waals surface area (Å²) in [5.41, 5.74) is 2.11. The van der Waals surface area contributed by atoms with Gasteiger partial charge in [-0.2, -0.15) is 10.2 Å². The lowest BCUT2D eigenvalue weighted by molar-refractivity contribution is -0.386. The van der Waals surface area contributed by atoms with Crippen LogP contribution in [0.4, 0.5) is 5.69 Å². The smallest absolute Gasteiger partial charge is 0.312 e. The van der Waals surface area contributed by atoms with Crippen molar-refractivity contribution in [2.45, 2.75) is 32.9 Å². The van der Waals surface area contributed by atoms with Crippen LogP contribution in [-0.2, 0) is 11.3 Å². The highest BCUT2D eigenvalue weighted by Gasteiger charge is 2.35. The number of hydrogen-bond donors (Lipinski definition) is 0. The predicted octanol–water partition coefficient (Wildman–Crippen LogP) is 3.39. The zero-order valence-corrected chi connectivity index (χ0v) is 17.3. The average Bonchev–Trinajstić information content (AvgIpc) is 3.47. The Hall–Kier alpha value is -3.95. The lowest BCUT2D eigenvalue weighted by Crippen LogP contribution is -2.30. The van der Waals surface area contributed by atoms with Crippen LogP contribution in [0.15, 0.2) is 52.2 Å². The molecule has 2 aromatic heterocycles. The molecule has 4 rings (SSSR count). The van der Waals surface area contributed by atoms with Gasteiger partial charge in [0.2, 0.25) is 0 Å². The van der Waals surface area contributed by atoms with E-state index in [0.29, 0.717) is 17.9 Å². The predicted molar refractivity (Wildman–Crippen MR) is 111 cm³/mol. The van der Waals surface area contributed by atoms with Crippen LogP contribution in [0.2, 0.25) is 0 Å². The van der Waals surface area contributed by atoms with Crippen LogP contribution in [-0.4, -0.2) is 38.4 Å². The summed E-state index contributed by atoms with van der Waals surface area (Å²) >= 11 is 0. The Morgan fingerprint density at radius 3 is 2.61 bits per heavy atom. The molecule has 3 aromatic rings. The molecule has 3 heterocycles. The second kappa shape index (κ2) is 8.05. The van der Waals surface area contributed by atoms with Crippen molar-refractivity contribution in [1.82, 2.24) is 14.8 Å². The summed E-state index contributed by atoms with van der Waals surface area (Å²) in [6.07, 6.45) is 2.02. The first-order chi connectivity index (χ1) is 14.9. The van der Waals surface area contributed by atoms with Crippen molar-refractivity contribution < 1.29 is 18.9 Å². The van der Waals surface area contributed by atoms with Gasteiger partial charge < -0.3 is 9.15 Å². The van der Waals surface area contributed by atoms with Crippen molar-refractivity contribution >= 4 is 17.3 Å². The summed E-state index contributed by atoms with van der Waals surface area (Å²) in [5, 5.41) is 21.4. The van der Waals surface area contributed by atoms with Crippen molar-refractivity contribution in [3.05, 3.63) is 75.5 Å². The number of methoxy groups -OCH3 is 1. The molecule has 10 nitrogen and oxygen atoms in total. The number of carbonyl (C=O) groups is 1. The molecule has 0 radical (unpaired) electrons. The normalized spacial score (nSPS) is 15.8. The molecule has 1 aromatic carbocycles. The van der Waals surface area contributed by atoms with E-state index in [1.54, 1.807) is 39.4 Å². The molecule has 0 N–H and O–H groups in total. The summed E-state index contributed by atoms with van der Waals surface area (Å²) in [6.45, 7) is 2.95. The van der Waals surface area contributed by atoms with Crippen LogP contribution >= 0.6 is 0 Å². The molecule has 0 bridgehead atoms. The van der Waals surface area contributed by atoms with Gasteiger partial charge >= 0.3 is 5.69 Å². The quantitative estimate of drug-likeness (QED) is 0.443. The standard InChI is InChI=1S/C21H21N5O5/c1-13-21(26(28)29)14(2)24(22-13)12-20(27)25-18(19-5-4-10-31-19)11-17(23-25)15-6-8-16(30-3)9-7-15/h4-10,18H,11-12H2,1-3H3. The van der Waals surface area contributed by atoms with E-state index in [9.17, 15) is 14.9 Å². The van der Waals surface area contributed by atoms with Crippen molar-refractivity contribution in [3.63, 3.8) is 0 Å². The van der Waals surface area contributed by atoms with Crippen LogP contribution < -0.4 is 4.74 Å². The number of ether oxygens (including phenoxy) is 1. The zero-order chi connectivity index (χ0) is 22.1. The molecule has 0 spiro atoms. The van der Waals surface area contributed by atoms with Crippen LogP contribution in [0.5, 0.6) is 5.75 Å². The third kappa shape index (κ3) is 3.79. The van der Waals surface area contributed by atoms with Crippen LogP contribution in [0.1, 0.15) is 35.2 Å². The van der Waals surface area contributed by atoms with Gasteiger partial charge in [0.1, 0.15) is 35.5 Å². The molecular weight excluding hydrogens is 402 g/mol. The molecule has 0 saturated carbocycles. The minimum Gasteiger partial charge on any atom is -0.497 e. The molecule has 1 aliphatic rings. The number of nitro groups is 1. The first kappa shape index (κ1) is 20.3. The Morgan fingerprint density at radius 1 is 1.29 bits per heavy atom. The number of hydrogen-bond acceptors (Lipinski definition) is 7. The van der Waals surface area contributed by atoms with Crippen molar-refractivity contribution in [1.29, 1.82) is 0 Å². The Kier molecular flexibility index (Phi) is 5.28. The maximum absolute atomic E-state index is 13.2. The van der Waals surface area contributed by atoms with E-state index in [4.69, 9.17) is 9.15 Å². The third-order valence-electron chi connectivity index (χ3n) is 5.27. The van der Waals surface area contributed by atoms with Crippen LogP contribution in [0.3, 0.4) is 0 Å². The van der Waals surface area contributed by atoms with Gasteiger partial charge in [-0.05, 0) is 55.8 Å². The molecule has 0 saturated heterocycles. The van der Waals surface area contributed by atoms with E-state index >= 15 is 0 Å². The molecule has 31 heavy (non-hydrogen) atoms. The van der Waals surface area contributed by atoms with Gasteiger partial charge in [0, 0.05) is 6.42 Å². The Balaban J connectivity index is 1.64. The van der Waals surface area contributed by atoms with Gasteiger partial charge in [-0.15, -0.1) is 0 Å². The van der Waals surface area contributed by atoms with Gasteiger partial charge in [0.15, 0.2) is 0 Å². The maximum Gasteiger partial charge on any atom is 0.312 e. The Labute approximate surface area is 177 Å². The lowest BCUT2D eigenvalue weighted by atomic mass is 10.0. The highest BCUT2D eigenvalue weighted by atomic mass is 16.6. The molecule has 160 valence electrons. The fraction of sp³-hybridized carbons (Fsp3) is 0.286. The van der Waals surface area contributed by atoms with E-state index < -0.39 is 11.0 Å². The maximum atomic E-state index is 13.2. The molecule has 1 aliphatic heterocycles. The van der Waals surface area contributed by atoms with E-state index in [1.807, 2.05) is 24.3 Å². The number of aromatic nitrogens is 2. The topological polar surface area (TPSA) is 116 Å². The summed E-state index contributed by atoms with van der Waals surface area (Å²) in [5.74, 6) is 0.995. The van der Waals surface area contributed by atoms with Crippen molar-refractivity contribution in [2.75, 3.05) is 7.11 Å². The Bertz CT molecular complexity index is 1150. The van der Waals surface area contributed by atoms with Gasteiger partial charge in [-0.3, -0.25) is 19.6 Å². The Morgan fingerprint density at radius 2 is 2.03 bits per heavy atom. The van der Waals surface area contributed by atoms with Crippen molar-refractivity contribution in [3.8, 4) is 5.75 Å². The first-order valence-electron chi connectivity index (χ1n) is 9.64. The second-order valence-electron chi connectivity index (χ2n) is 7.18. The number of nitrogens with zero attached hydrogens (tertiary/aromatic N) is 5. The van der Waals surface area contributed by atoms with E-state index in [2.05, 4.69) is 10.2 Å². The van der Waals surface area contributed by atoms with Gasteiger partial charge in [0.05, 0.1) is 24.0 Å². The second-order valence-corrected chi connectivity index (χ2v) is 7.18. The zero-order valence-electron chi connectivity index (χ0n) is 17.3. The fourth-order valence-electron chi connectivity index (χ4n) is 3.71. The van der Waals surface area contributed by atoms with Gasteiger partial charge in [-0.25, -0.2) is 5.01 Å².